The molecule has 1 N–H and O–H groups in total. The van der Waals surface area contributed by atoms with Gasteiger partial charge in [0.1, 0.15) is 0 Å². The van der Waals surface area contributed by atoms with Gasteiger partial charge in [0, 0.05) is 19.0 Å². The van der Waals surface area contributed by atoms with Crippen LogP contribution in [0, 0.1) is 11.3 Å². The number of hydrogen-bond acceptors (Lipinski definition) is 2. The fourth-order valence-electron chi connectivity index (χ4n) is 3.87. The number of rotatable bonds is 3. The van der Waals surface area contributed by atoms with Crippen LogP contribution in [0.5, 0.6) is 0 Å². The van der Waals surface area contributed by atoms with Gasteiger partial charge in [-0.1, -0.05) is 26.2 Å². The molecule has 114 valence electrons. The van der Waals surface area contributed by atoms with Crippen molar-refractivity contribution in [3.05, 3.63) is 0 Å². The lowest BCUT2D eigenvalue weighted by atomic mass is 9.73. The molecular formula is C16H27NO3. The Labute approximate surface area is 121 Å². The molecule has 2 rings (SSSR count). The Morgan fingerprint density at radius 2 is 1.85 bits per heavy atom. The molecule has 4 heteroatoms. The number of carbonyl (C=O) groups is 2. The molecule has 0 radical (unpaired) electrons. The molecule has 2 aliphatic rings. The molecule has 0 spiro atoms. The van der Waals surface area contributed by atoms with Crippen molar-refractivity contribution in [3.8, 4) is 0 Å². The summed E-state index contributed by atoms with van der Waals surface area (Å²) in [5.41, 5.74) is 0.130. The number of nitrogens with zero attached hydrogens (tertiary/aromatic N) is 1. The zero-order valence-corrected chi connectivity index (χ0v) is 12.7. The first-order valence-electron chi connectivity index (χ1n) is 7.95. The van der Waals surface area contributed by atoms with Gasteiger partial charge in [0.15, 0.2) is 0 Å². The number of carboxylic acids is 1. The number of hydrogen-bond donors (Lipinski definition) is 1. The molecule has 0 unspecified atom stereocenters. The Bertz CT molecular complexity index is 374. The van der Waals surface area contributed by atoms with E-state index in [2.05, 4.69) is 6.92 Å². The normalized spacial score (nSPS) is 30.0. The van der Waals surface area contributed by atoms with Crippen LogP contribution in [0.3, 0.4) is 0 Å². The molecule has 4 nitrogen and oxygen atoms in total. The highest BCUT2D eigenvalue weighted by Gasteiger charge is 2.38. The van der Waals surface area contributed by atoms with Crippen LogP contribution in [0.25, 0.3) is 0 Å². The minimum atomic E-state index is -0.765. The molecule has 0 bridgehead atoms. The highest BCUT2D eigenvalue weighted by Crippen LogP contribution is 2.39. The van der Waals surface area contributed by atoms with Crippen molar-refractivity contribution >= 4 is 11.9 Å². The average molecular weight is 281 g/mol. The molecular weight excluding hydrogens is 254 g/mol. The highest BCUT2D eigenvalue weighted by atomic mass is 16.4. The molecule has 1 amide bonds. The van der Waals surface area contributed by atoms with Gasteiger partial charge in [0.05, 0.1) is 5.92 Å². The molecule has 0 aromatic rings. The summed E-state index contributed by atoms with van der Waals surface area (Å²) in [7, 11) is 0. The molecule has 1 saturated carbocycles. The molecule has 2 atom stereocenters. The number of carboxylic acid groups (broad SMARTS) is 1. The Kier molecular flexibility index (Phi) is 4.71. The van der Waals surface area contributed by atoms with Gasteiger partial charge in [0.25, 0.3) is 0 Å². The number of likely N-dealkylation sites (tertiary alicyclic amines) is 1. The first kappa shape index (κ1) is 15.3. The summed E-state index contributed by atoms with van der Waals surface area (Å²) < 4.78 is 0. The first-order chi connectivity index (χ1) is 9.43. The van der Waals surface area contributed by atoms with E-state index in [4.69, 9.17) is 0 Å². The van der Waals surface area contributed by atoms with Crippen LogP contribution in [0.15, 0.2) is 0 Å². The third-order valence-corrected chi connectivity index (χ3v) is 5.26. The number of amides is 1. The summed E-state index contributed by atoms with van der Waals surface area (Å²) in [6.45, 7) is 4.83. The van der Waals surface area contributed by atoms with E-state index in [1.807, 2.05) is 11.8 Å². The van der Waals surface area contributed by atoms with Gasteiger partial charge in [-0.25, -0.2) is 0 Å². The second kappa shape index (κ2) is 6.15. The van der Waals surface area contributed by atoms with E-state index >= 15 is 0 Å². The van der Waals surface area contributed by atoms with Crippen LogP contribution in [-0.2, 0) is 9.59 Å². The molecule has 1 saturated heterocycles. The monoisotopic (exact) mass is 281 g/mol. The lowest BCUT2D eigenvalue weighted by Crippen LogP contribution is -2.50. The van der Waals surface area contributed by atoms with Gasteiger partial charge in [-0.2, -0.15) is 0 Å². The molecule has 20 heavy (non-hydrogen) atoms. The van der Waals surface area contributed by atoms with Crippen molar-refractivity contribution in [1.82, 2.24) is 4.90 Å². The fourth-order valence-corrected chi connectivity index (χ4v) is 3.87. The largest absolute Gasteiger partial charge is 0.481 e. The van der Waals surface area contributed by atoms with Gasteiger partial charge in [-0.05, 0) is 38.0 Å². The van der Waals surface area contributed by atoms with Crippen molar-refractivity contribution < 1.29 is 14.7 Å². The minimum Gasteiger partial charge on any atom is -0.481 e. The summed E-state index contributed by atoms with van der Waals surface area (Å²) in [6, 6.07) is -0.166. The van der Waals surface area contributed by atoms with Gasteiger partial charge >= 0.3 is 5.97 Å². The second-order valence-electron chi connectivity index (χ2n) is 6.96. The molecule has 0 aromatic carbocycles. The third kappa shape index (κ3) is 3.33. The fraction of sp³-hybridized carbons (Fsp3) is 0.875. The first-order valence-corrected chi connectivity index (χ1v) is 7.95. The Morgan fingerprint density at radius 1 is 1.20 bits per heavy atom. The predicted molar refractivity (Wildman–Crippen MR) is 77.3 cm³/mol. The van der Waals surface area contributed by atoms with Gasteiger partial charge in [-0.3, -0.25) is 9.59 Å². The molecule has 0 aromatic heterocycles. The topological polar surface area (TPSA) is 57.6 Å². The Morgan fingerprint density at radius 3 is 2.45 bits per heavy atom. The highest BCUT2D eigenvalue weighted by molar-refractivity contribution is 5.79. The zero-order chi connectivity index (χ0) is 14.8. The minimum absolute atomic E-state index is 0.130. The number of piperidine rings is 1. The summed E-state index contributed by atoms with van der Waals surface area (Å²) in [4.78, 5) is 25.7. The summed E-state index contributed by atoms with van der Waals surface area (Å²) in [6.07, 6.45) is 8.07. The van der Waals surface area contributed by atoms with E-state index < -0.39 is 11.9 Å². The molecule has 1 aliphatic heterocycles. The van der Waals surface area contributed by atoms with Crippen LogP contribution < -0.4 is 0 Å². The van der Waals surface area contributed by atoms with Crippen molar-refractivity contribution in [2.75, 3.05) is 6.54 Å². The Hall–Kier alpha value is -1.06. The summed E-state index contributed by atoms with van der Waals surface area (Å²) in [5, 5.41) is 9.24. The summed E-state index contributed by atoms with van der Waals surface area (Å²) >= 11 is 0. The third-order valence-electron chi connectivity index (χ3n) is 5.26. The maximum atomic E-state index is 12.6. The maximum Gasteiger partial charge on any atom is 0.308 e. The van der Waals surface area contributed by atoms with E-state index in [1.165, 1.54) is 19.3 Å². The smallest absolute Gasteiger partial charge is 0.308 e. The lowest BCUT2D eigenvalue weighted by molar-refractivity contribution is -0.149. The molecule has 2 fully saturated rings. The second-order valence-corrected chi connectivity index (χ2v) is 6.96. The van der Waals surface area contributed by atoms with Gasteiger partial charge in [0.2, 0.25) is 5.91 Å². The van der Waals surface area contributed by atoms with E-state index in [1.54, 1.807) is 0 Å². The van der Waals surface area contributed by atoms with Crippen molar-refractivity contribution in [2.45, 2.75) is 71.3 Å². The van der Waals surface area contributed by atoms with Crippen LogP contribution in [0.2, 0.25) is 0 Å². The van der Waals surface area contributed by atoms with Crippen molar-refractivity contribution in [2.24, 2.45) is 11.3 Å². The van der Waals surface area contributed by atoms with E-state index in [-0.39, 0.29) is 17.4 Å². The van der Waals surface area contributed by atoms with Crippen molar-refractivity contribution in [1.29, 1.82) is 0 Å². The van der Waals surface area contributed by atoms with Crippen LogP contribution in [0.1, 0.15) is 65.2 Å². The van der Waals surface area contributed by atoms with Crippen LogP contribution in [0.4, 0.5) is 0 Å². The van der Waals surface area contributed by atoms with Crippen molar-refractivity contribution in [3.63, 3.8) is 0 Å². The van der Waals surface area contributed by atoms with E-state index in [9.17, 15) is 14.7 Å². The molecule has 1 aliphatic carbocycles. The average Bonchev–Trinajstić information content (AvgIpc) is 2.38. The maximum absolute atomic E-state index is 12.6. The number of carbonyl (C=O) groups excluding carboxylic acids is 1. The predicted octanol–water partition coefficient (Wildman–Crippen LogP) is 3.06. The van der Waals surface area contributed by atoms with E-state index in [0.717, 1.165) is 25.8 Å². The SMILES string of the molecule is C[C@@H]1[C@H](C(=O)O)CCCN1C(=O)CC1(C)CCCCC1. The van der Waals surface area contributed by atoms with Gasteiger partial charge in [-0.15, -0.1) is 0 Å². The van der Waals surface area contributed by atoms with Crippen LogP contribution >= 0.6 is 0 Å². The van der Waals surface area contributed by atoms with E-state index in [0.29, 0.717) is 12.8 Å². The van der Waals surface area contributed by atoms with Crippen LogP contribution in [-0.4, -0.2) is 34.5 Å². The zero-order valence-electron chi connectivity index (χ0n) is 12.7. The Balaban J connectivity index is 1.99. The number of aliphatic carboxylic acids is 1. The standard InChI is InChI=1S/C16H27NO3/c1-12-13(15(19)20)7-6-10-17(12)14(18)11-16(2)8-4-3-5-9-16/h12-13H,3-11H2,1-2H3,(H,19,20)/t12-,13-/m1/s1. The lowest BCUT2D eigenvalue weighted by Gasteiger charge is -2.40. The molecule has 1 heterocycles. The van der Waals surface area contributed by atoms with Gasteiger partial charge < -0.3 is 10.0 Å². The summed E-state index contributed by atoms with van der Waals surface area (Å²) in [5.74, 6) is -1.00. The quantitative estimate of drug-likeness (QED) is 0.865.